The number of rotatable bonds is 5. The molecular weight excluding hydrogens is 379 g/mol. The molecule has 0 unspecified atom stereocenters. The number of nitrogens with zero attached hydrogens (tertiary/aromatic N) is 2. The highest BCUT2D eigenvalue weighted by Crippen LogP contribution is 2.26. The van der Waals surface area contributed by atoms with Crippen molar-refractivity contribution >= 4 is 46.6 Å². The third-order valence-electron chi connectivity index (χ3n) is 3.30. The van der Waals surface area contributed by atoms with Crippen LogP contribution in [0.3, 0.4) is 0 Å². The minimum absolute atomic E-state index is 0.169. The van der Waals surface area contributed by atoms with E-state index >= 15 is 0 Å². The number of amides is 1. The minimum atomic E-state index is -0.187. The molecule has 25 heavy (non-hydrogen) atoms. The van der Waals surface area contributed by atoms with Crippen LogP contribution in [0, 0.1) is 0 Å². The van der Waals surface area contributed by atoms with E-state index in [0.29, 0.717) is 20.9 Å². The monoisotopic (exact) mass is 392 g/mol. The van der Waals surface area contributed by atoms with Crippen molar-refractivity contribution in [3.8, 4) is 11.3 Å². The lowest BCUT2D eigenvalue weighted by molar-refractivity contribution is -0.113. The van der Waals surface area contributed by atoms with Crippen molar-refractivity contribution in [3.63, 3.8) is 0 Å². The van der Waals surface area contributed by atoms with Crippen LogP contribution >= 0.6 is 35.0 Å². The molecule has 0 bridgehead atoms. The highest BCUT2D eigenvalue weighted by Gasteiger charge is 2.11. The first-order valence-corrected chi connectivity index (χ1v) is 9.04. The third kappa shape index (κ3) is 4.48. The molecule has 0 aliphatic heterocycles. The molecule has 1 heterocycles. The quantitative estimate of drug-likeness (QED) is 0.501. The van der Waals surface area contributed by atoms with E-state index in [1.54, 1.807) is 24.4 Å². The van der Waals surface area contributed by atoms with Gasteiger partial charge in [0.05, 0.1) is 27.7 Å². The lowest BCUT2D eigenvalue weighted by Gasteiger charge is -2.06. The fraction of sp³-hybridized carbons (Fsp3) is 0.0588. The fourth-order valence-corrected chi connectivity index (χ4v) is 3.13. The lowest BCUT2D eigenvalue weighted by atomic mass is 10.2. The van der Waals surface area contributed by atoms with Gasteiger partial charge in [-0.15, -0.1) is 0 Å². The summed E-state index contributed by atoms with van der Waals surface area (Å²) in [5.41, 5.74) is 2.31. The molecule has 5 nitrogen and oxygen atoms in total. The van der Waals surface area contributed by atoms with Gasteiger partial charge in [0.15, 0.2) is 5.16 Å². The molecule has 2 aromatic carbocycles. The minimum Gasteiger partial charge on any atom is -0.337 e. The van der Waals surface area contributed by atoms with Crippen LogP contribution in [-0.4, -0.2) is 21.3 Å². The molecule has 0 aliphatic rings. The summed E-state index contributed by atoms with van der Waals surface area (Å²) in [5.74, 6) is 5.91. The number of carbonyl (C=O) groups excluding carboxylic acids is 1. The molecule has 3 N–H and O–H groups in total. The van der Waals surface area contributed by atoms with Crippen LogP contribution in [0.4, 0.5) is 5.69 Å². The van der Waals surface area contributed by atoms with Crippen molar-refractivity contribution < 1.29 is 4.79 Å². The SMILES string of the molecule is Nn1cc(-c2ccccc2)nc1SCC(=O)Nc1ccc(Cl)c(Cl)c1. The number of nitrogens with two attached hydrogens (primary N) is 1. The predicted molar refractivity (Wildman–Crippen MR) is 104 cm³/mol. The predicted octanol–water partition coefficient (Wildman–Crippen LogP) is 4.30. The van der Waals surface area contributed by atoms with Gasteiger partial charge in [-0.25, -0.2) is 9.66 Å². The summed E-state index contributed by atoms with van der Waals surface area (Å²) in [6.07, 6.45) is 1.73. The van der Waals surface area contributed by atoms with Crippen LogP contribution in [0.5, 0.6) is 0 Å². The Morgan fingerprint density at radius 1 is 1.16 bits per heavy atom. The summed E-state index contributed by atoms with van der Waals surface area (Å²) in [4.78, 5) is 16.6. The number of thioether (sulfide) groups is 1. The first-order chi connectivity index (χ1) is 12.0. The summed E-state index contributed by atoms with van der Waals surface area (Å²) in [6, 6.07) is 14.6. The van der Waals surface area contributed by atoms with Crippen LogP contribution in [0.1, 0.15) is 0 Å². The maximum atomic E-state index is 12.1. The molecule has 8 heteroatoms. The first kappa shape index (κ1) is 17.7. The van der Waals surface area contributed by atoms with Crippen molar-refractivity contribution in [1.29, 1.82) is 0 Å². The summed E-state index contributed by atoms with van der Waals surface area (Å²) in [6.45, 7) is 0. The van der Waals surface area contributed by atoms with Gasteiger partial charge in [0.1, 0.15) is 0 Å². The van der Waals surface area contributed by atoms with E-state index in [9.17, 15) is 4.79 Å². The van der Waals surface area contributed by atoms with Gasteiger partial charge in [-0.1, -0.05) is 65.3 Å². The molecule has 3 rings (SSSR count). The zero-order valence-electron chi connectivity index (χ0n) is 12.9. The maximum absolute atomic E-state index is 12.1. The van der Waals surface area contributed by atoms with Gasteiger partial charge < -0.3 is 11.2 Å². The van der Waals surface area contributed by atoms with Gasteiger partial charge in [-0.3, -0.25) is 4.79 Å². The number of hydrogen-bond donors (Lipinski definition) is 2. The van der Waals surface area contributed by atoms with Crippen molar-refractivity contribution in [2.75, 3.05) is 16.9 Å². The summed E-state index contributed by atoms with van der Waals surface area (Å²) < 4.78 is 1.42. The molecule has 0 atom stereocenters. The fourth-order valence-electron chi connectivity index (χ4n) is 2.13. The zero-order valence-corrected chi connectivity index (χ0v) is 15.3. The molecule has 0 saturated carbocycles. The van der Waals surface area contributed by atoms with Crippen molar-refractivity contribution in [3.05, 3.63) is 64.8 Å². The van der Waals surface area contributed by atoms with E-state index < -0.39 is 0 Å². The highest BCUT2D eigenvalue weighted by atomic mass is 35.5. The van der Waals surface area contributed by atoms with Crippen LogP contribution in [0.25, 0.3) is 11.3 Å². The molecule has 128 valence electrons. The number of hydrogen-bond acceptors (Lipinski definition) is 4. The van der Waals surface area contributed by atoms with Crippen LogP contribution in [0.2, 0.25) is 10.0 Å². The third-order valence-corrected chi connectivity index (χ3v) is 5.01. The average molecular weight is 393 g/mol. The molecule has 0 saturated heterocycles. The van der Waals surface area contributed by atoms with Gasteiger partial charge in [-0.2, -0.15) is 0 Å². The topological polar surface area (TPSA) is 72.9 Å². The number of aromatic nitrogens is 2. The summed E-state index contributed by atoms with van der Waals surface area (Å²) >= 11 is 13.0. The molecule has 0 spiro atoms. The van der Waals surface area contributed by atoms with Gasteiger partial charge in [0.25, 0.3) is 0 Å². The van der Waals surface area contributed by atoms with Crippen LogP contribution in [-0.2, 0) is 4.79 Å². The Morgan fingerprint density at radius 2 is 1.92 bits per heavy atom. The van der Waals surface area contributed by atoms with E-state index in [2.05, 4.69) is 10.3 Å². The molecular formula is C17H14Cl2N4OS. The smallest absolute Gasteiger partial charge is 0.234 e. The molecule has 1 amide bonds. The number of halogens is 2. The second-order valence-corrected chi connectivity index (χ2v) is 6.90. The molecule has 1 aromatic heterocycles. The van der Waals surface area contributed by atoms with Gasteiger partial charge in [-0.05, 0) is 18.2 Å². The Hall–Kier alpha value is -2.15. The lowest BCUT2D eigenvalue weighted by Crippen LogP contribution is -2.15. The Labute approximate surface area is 159 Å². The Morgan fingerprint density at radius 3 is 2.64 bits per heavy atom. The Balaban J connectivity index is 1.62. The zero-order chi connectivity index (χ0) is 17.8. The number of nitrogen functional groups attached to an aromatic ring is 1. The second-order valence-electron chi connectivity index (χ2n) is 5.15. The highest BCUT2D eigenvalue weighted by molar-refractivity contribution is 7.99. The van der Waals surface area contributed by atoms with Crippen molar-refractivity contribution in [1.82, 2.24) is 9.66 Å². The maximum Gasteiger partial charge on any atom is 0.234 e. The van der Waals surface area contributed by atoms with E-state index in [1.807, 2.05) is 30.3 Å². The Bertz CT molecular complexity index is 899. The standard InChI is InChI=1S/C17H14Cl2N4OS/c18-13-7-6-12(8-14(13)19)21-16(24)10-25-17-22-15(9-23(17)20)11-4-2-1-3-5-11/h1-9H,10,20H2,(H,21,24). The van der Waals surface area contributed by atoms with E-state index in [4.69, 9.17) is 29.0 Å². The number of anilines is 1. The summed E-state index contributed by atoms with van der Waals surface area (Å²) in [5, 5.41) is 4.14. The normalized spacial score (nSPS) is 10.6. The average Bonchev–Trinajstić information content (AvgIpc) is 2.98. The first-order valence-electron chi connectivity index (χ1n) is 7.30. The second kappa shape index (κ2) is 7.82. The van der Waals surface area contributed by atoms with Gasteiger partial charge in [0, 0.05) is 11.3 Å². The number of imidazole rings is 1. The van der Waals surface area contributed by atoms with Gasteiger partial charge >= 0.3 is 0 Å². The van der Waals surface area contributed by atoms with Crippen molar-refractivity contribution in [2.45, 2.75) is 5.16 Å². The van der Waals surface area contributed by atoms with Crippen molar-refractivity contribution in [2.24, 2.45) is 0 Å². The van der Waals surface area contributed by atoms with Crippen LogP contribution < -0.4 is 11.2 Å². The largest absolute Gasteiger partial charge is 0.337 e. The number of nitrogens with one attached hydrogen (secondary N) is 1. The van der Waals surface area contributed by atoms with E-state index in [1.165, 1.54) is 16.4 Å². The Kier molecular flexibility index (Phi) is 5.53. The molecule has 0 aliphatic carbocycles. The number of carbonyl (C=O) groups is 1. The van der Waals surface area contributed by atoms with Crippen LogP contribution in [0.15, 0.2) is 59.9 Å². The molecule has 3 aromatic rings. The number of benzene rings is 2. The van der Waals surface area contributed by atoms with Gasteiger partial charge in [0.2, 0.25) is 5.91 Å². The molecule has 0 fully saturated rings. The summed E-state index contributed by atoms with van der Waals surface area (Å²) in [7, 11) is 0. The molecule has 0 radical (unpaired) electrons. The van der Waals surface area contributed by atoms with E-state index in [-0.39, 0.29) is 11.7 Å². The van der Waals surface area contributed by atoms with E-state index in [0.717, 1.165) is 11.3 Å².